The number of carbonyl (C=O) groups is 1. The predicted octanol–water partition coefficient (Wildman–Crippen LogP) is 1.78. The van der Waals surface area contributed by atoms with Crippen molar-refractivity contribution in [1.29, 1.82) is 0 Å². The molecule has 2 aromatic rings. The highest BCUT2D eigenvalue weighted by molar-refractivity contribution is 7.89. The van der Waals surface area contributed by atoms with Gasteiger partial charge in [-0.2, -0.15) is 0 Å². The van der Waals surface area contributed by atoms with Crippen molar-refractivity contribution in [3.8, 4) is 5.75 Å². The molecule has 0 bridgehead atoms. The van der Waals surface area contributed by atoms with E-state index in [0.29, 0.717) is 11.4 Å². The summed E-state index contributed by atoms with van der Waals surface area (Å²) in [6, 6.07) is 13.2. The standard InChI is InChI=1S/C16H18N2O4S/c1-17-23(20,21)15-8-6-13(7-9-15)18-16(19)11-12-4-3-5-14(10-12)22-2/h3-10,17H,11H2,1-2H3,(H,18,19). The Balaban J connectivity index is 2.03. The third-order valence-electron chi connectivity index (χ3n) is 3.22. The lowest BCUT2D eigenvalue weighted by Crippen LogP contribution is -2.18. The number of hydrogen-bond donors (Lipinski definition) is 2. The number of carbonyl (C=O) groups excluding carboxylic acids is 1. The highest BCUT2D eigenvalue weighted by atomic mass is 32.2. The van der Waals surface area contributed by atoms with Crippen LogP contribution in [0.15, 0.2) is 53.4 Å². The fraction of sp³-hybridized carbons (Fsp3) is 0.188. The average Bonchev–Trinajstić information content (AvgIpc) is 2.55. The predicted molar refractivity (Wildman–Crippen MR) is 88.0 cm³/mol. The summed E-state index contributed by atoms with van der Waals surface area (Å²) < 4.78 is 30.6. The van der Waals surface area contributed by atoms with Crippen molar-refractivity contribution in [3.05, 3.63) is 54.1 Å². The minimum Gasteiger partial charge on any atom is -0.497 e. The summed E-state index contributed by atoms with van der Waals surface area (Å²) in [6.45, 7) is 0. The number of hydrogen-bond acceptors (Lipinski definition) is 4. The van der Waals surface area contributed by atoms with E-state index in [0.717, 1.165) is 5.56 Å². The third-order valence-corrected chi connectivity index (χ3v) is 4.65. The van der Waals surface area contributed by atoms with Gasteiger partial charge >= 0.3 is 0 Å². The van der Waals surface area contributed by atoms with Gasteiger partial charge in [0.1, 0.15) is 5.75 Å². The van der Waals surface area contributed by atoms with Crippen LogP contribution in [0.3, 0.4) is 0 Å². The van der Waals surface area contributed by atoms with Crippen molar-refractivity contribution >= 4 is 21.6 Å². The Labute approximate surface area is 135 Å². The largest absolute Gasteiger partial charge is 0.497 e. The van der Waals surface area contributed by atoms with Crippen molar-refractivity contribution in [1.82, 2.24) is 4.72 Å². The number of sulfonamides is 1. The molecule has 0 radical (unpaired) electrons. The van der Waals surface area contributed by atoms with Crippen LogP contribution in [0.25, 0.3) is 0 Å². The quantitative estimate of drug-likeness (QED) is 0.843. The molecule has 0 heterocycles. The summed E-state index contributed by atoms with van der Waals surface area (Å²) in [7, 11) is -0.560. The summed E-state index contributed by atoms with van der Waals surface area (Å²) in [4.78, 5) is 12.2. The maximum atomic E-state index is 12.0. The van der Waals surface area contributed by atoms with Crippen LogP contribution in [-0.2, 0) is 21.2 Å². The highest BCUT2D eigenvalue weighted by Gasteiger charge is 2.11. The molecule has 0 aliphatic carbocycles. The van der Waals surface area contributed by atoms with E-state index >= 15 is 0 Å². The lowest BCUT2D eigenvalue weighted by atomic mass is 10.1. The number of anilines is 1. The van der Waals surface area contributed by atoms with E-state index in [1.807, 2.05) is 18.2 Å². The third kappa shape index (κ3) is 4.54. The van der Waals surface area contributed by atoms with Crippen LogP contribution in [0, 0.1) is 0 Å². The monoisotopic (exact) mass is 334 g/mol. The van der Waals surface area contributed by atoms with Crippen molar-refractivity contribution in [2.24, 2.45) is 0 Å². The Kier molecular flexibility index (Phi) is 5.36. The number of benzene rings is 2. The van der Waals surface area contributed by atoms with E-state index in [2.05, 4.69) is 10.0 Å². The van der Waals surface area contributed by atoms with Crippen LogP contribution in [0.5, 0.6) is 5.75 Å². The zero-order chi connectivity index (χ0) is 16.9. The first-order chi connectivity index (χ1) is 10.9. The van der Waals surface area contributed by atoms with Crippen LogP contribution in [-0.4, -0.2) is 28.5 Å². The molecule has 0 fully saturated rings. The molecule has 122 valence electrons. The van der Waals surface area contributed by atoms with Crippen LogP contribution in [0.2, 0.25) is 0 Å². The molecule has 0 aliphatic heterocycles. The number of amides is 1. The molecule has 0 spiro atoms. The molecule has 6 nitrogen and oxygen atoms in total. The van der Waals surface area contributed by atoms with Gasteiger partial charge < -0.3 is 10.1 Å². The van der Waals surface area contributed by atoms with E-state index in [1.54, 1.807) is 25.3 Å². The molecule has 2 N–H and O–H groups in total. The smallest absolute Gasteiger partial charge is 0.240 e. The Morgan fingerprint density at radius 2 is 1.83 bits per heavy atom. The Morgan fingerprint density at radius 3 is 2.43 bits per heavy atom. The summed E-state index contributed by atoms with van der Waals surface area (Å²) in [5.74, 6) is 0.499. The van der Waals surface area contributed by atoms with Crippen LogP contribution < -0.4 is 14.8 Å². The van der Waals surface area contributed by atoms with Crippen LogP contribution in [0.1, 0.15) is 5.56 Å². The van der Waals surface area contributed by atoms with Gasteiger partial charge in [0.15, 0.2) is 0 Å². The SMILES string of the molecule is CNS(=O)(=O)c1ccc(NC(=O)Cc2cccc(OC)c2)cc1. The van der Waals surface area contributed by atoms with E-state index in [9.17, 15) is 13.2 Å². The van der Waals surface area contributed by atoms with E-state index in [1.165, 1.54) is 19.2 Å². The van der Waals surface area contributed by atoms with Gasteiger partial charge in [0, 0.05) is 5.69 Å². The number of rotatable bonds is 6. The second-order valence-corrected chi connectivity index (χ2v) is 6.69. The molecule has 23 heavy (non-hydrogen) atoms. The molecule has 0 aliphatic rings. The molecule has 2 aromatic carbocycles. The molecule has 0 atom stereocenters. The summed E-state index contributed by atoms with van der Waals surface area (Å²) in [6.07, 6.45) is 0.202. The lowest BCUT2D eigenvalue weighted by Gasteiger charge is -2.08. The molecule has 0 unspecified atom stereocenters. The lowest BCUT2D eigenvalue weighted by molar-refractivity contribution is -0.115. The van der Waals surface area contributed by atoms with Crippen molar-refractivity contribution in [2.45, 2.75) is 11.3 Å². The van der Waals surface area contributed by atoms with Crippen LogP contribution >= 0.6 is 0 Å². The second kappa shape index (κ2) is 7.26. The molecular weight excluding hydrogens is 316 g/mol. The van der Waals surface area contributed by atoms with Crippen LogP contribution in [0.4, 0.5) is 5.69 Å². The Hall–Kier alpha value is -2.38. The highest BCUT2D eigenvalue weighted by Crippen LogP contribution is 2.16. The van der Waals surface area contributed by atoms with Gasteiger partial charge in [0.2, 0.25) is 15.9 Å². The molecule has 0 aromatic heterocycles. The van der Waals surface area contributed by atoms with E-state index in [4.69, 9.17) is 4.74 Å². The minimum atomic E-state index is -3.48. The van der Waals surface area contributed by atoms with Gasteiger partial charge in [-0.1, -0.05) is 12.1 Å². The van der Waals surface area contributed by atoms with Crippen molar-refractivity contribution < 1.29 is 17.9 Å². The van der Waals surface area contributed by atoms with Gasteiger partial charge in [0.25, 0.3) is 0 Å². The maximum absolute atomic E-state index is 12.0. The molecular formula is C16H18N2O4S. The fourth-order valence-electron chi connectivity index (χ4n) is 2.01. The first-order valence-electron chi connectivity index (χ1n) is 6.91. The van der Waals surface area contributed by atoms with Gasteiger partial charge in [0.05, 0.1) is 18.4 Å². The average molecular weight is 334 g/mol. The first-order valence-corrected chi connectivity index (χ1v) is 8.39. The van der Waals surface area contributed by atoms with Crippen molar-refractivity contribution in [2.75, 3.05) is 19.5 Å². The Bertz CT molecular complexity index is 786. The number of methoxy groups -OCH3 is 1. The minimum absolute atomic E-state index is 0.144. The number of nitrogens with one attached hydrogen (secondary N) is 2. The second-order valence-electron chi connectivity index (χ2n) is 4.81. The fourth-order valence-corrected chi connectivity index (χ4v) is 2.74. The molecule has 0 saturated carbocycles. The van der Waals surface area contributed by atoms with Gasteiger partial charge in [-0.05, 0) is 49.0 Å². The zero-order valence-electron chi connectivity index (χ0n) is 12.9. The molecule has 2 rings (SSSR count). The summed E-state index contributed by atoms with van der Waals surface area (Å²) >= 11 is 0. The molecule has 0 saturated heterocycles. The molecule has 1 amide bonds. The molecule has 7 heteroatoms. The van der Waals surface area contributed by atoms with Gasteiger partial charge in [-0.15, -0.1) is 0 Å². The van der Waals surface area contributed by atoms with Gasteiger partial charge in [-0.25, -0.2) is 13.1 Å². The first kappa shape index (κ1) is 17.0. The zero-order valence-corrected chi connectivity index (χ0v) is 13.7. The summed E-state index contributed by atoms with van der Waals surface area (Å²) in [5, 5.41) is 2.73. The number of ether oxygens (including phenoxy) is 1. The Morgan fingerprint density at radius 1 is 1.13 bits per heavy atom. The van der Waals surface area contributed by atoms with Gasteiger partial charge in [-0.3, -0.25) is 4.79 Å². The van der Waals surface area contributed by atoms with E-state index < -0.39 is 10.0 Å². The normalized spacial score (nSPS) is 11.0. The van der Waals surface area contributed by atoms with E-state index in [-0.39, 0.29) is 17.2 Å². The van der Waals surface area contributed by atoms with Crippen molar-refractivity contribution in [3.63, 3.8) is 0 Å². The maximum Gasteiger partial charge on any atom is 0.240 e. The topological polar surface area (TPSA) is 84.5 Å². The summed E-state index contributed by atoms with van der Waals surface area (Å²) in [5.41, 5.74) is 1.36.